The average Bonchev–Trinajstić information content (AvgIpc) is 3.38. The number of anilines is 1. The fourth-order valence-electron chi connectivity index (χ4n) is 2.42. The maximum atomic E-state index is 12.5. The third kappa shape index (κ3) is 3.39. The third-order valence-corrected chi connectivity index (χ3v) is 4.13. The summed E-state index contributed by atoms with van der Waals surface area (Å²) >= 11 is 0. The molecule has 2 aromatic rings. The van der Waals surface area contributed by atoms with Gasteiger partial charge in [0.2, 0.25) is 11.8 Å². The second-order valence-electron chi connectivity index (χ2n) is 5.94. The van der Waals surface area contributed by atoms with E-state index in [1.807, 2.05) is 43.3 Å². The predicted octanol–water partition coefficient (Wildman–Crippen LogP) is 2.43. The van der Waals surface area contributed by atoms with Crippen molar-refractivity contribution < 1.29 is 9.59 Å². The standard InChI is InChI=1S/C18H19N3O2/c1-13-2-4-15(5-3-13)21-17(23)18(8-9-18)16(22)20-12-14-6-10-19-11-7-14/h2-7,10-11H,8-9,12H2,1H3,(H,20,22)(H,21,23). The number of nitrogens with one attached hydrogen (secondary N) is 2. The third-order valence-electron chi connectivity index (χ3n) is 4.13. The molecule has 1 heterocycles. The van der Waals surface area contributed by atoms with E-state index >= 15 is 0 Å². The quantitative estimate of drug-likeness (QED) is 0.833. The summed E-state index contributed by atoms with van der Waals surface area (Å²) in [6, 6.07) is 11.2. The van der Waals surface area contributed by atoms with Crippen LogP contribution in [0.2, 0.25) is 0 Å². The van der Waals surface area contributed by atoms with Crippen LogP contribution in [0.1, 0.15) is 24.0 Å². The summed E-state index contributed by atoms with van der Waals surface area (Å²) in [7, 11) is 0. The number of hydrogen-bond acceptors (Lipinski definition) is 3. The van der Waals surface area contributed by atoms with Gasteiger partial charge in [-0.15, -0.1) is 0 Å². The number of rotatable bonds is 5. The molecular formula is C18H19N3O2. The van der Waals surface area contributed by atoms with Crippen molar-refractivity contribution in [3.05, 3.63) is 59.9 Å². The lowest BCUT2D eigenvalue weighted by Gasteiger charge is -2.15. The Hall–Kier alpha value is -2.69. The molecule has 0 bridgehead atoms. The van der Waals surface area contributed by atoms with Gasteiger partial charge in [-0.3, -0.25) is 14.6 Å². The SMILES string of the molecule is Cc1ccc(NC(=O)C2(C(=O)NCc3ccncc3)CC2)cc1. The van der Waals surface area contributed by atoms with Crippen molar-refractivity contribution >= 4 is 17.5 Å². The molecule has 1 aromatic heterocycles. The summed E-state index contributed by atoms with van der Waals surface area (Å²) in [5, 5.41) is 5.69. The first-order valence-electron chi connectivity index (χ1n) is 7.65. The second-order valence-corrected chi connectivity index (χ2v) is 5.94. The molecule has 1 saturated carbocycles. The first-order valence-corrected chi connectivity index (χ1v) is 7.65. The van der Waals surface area contributed by atoms with Crippen LogP contribution in [0.15, 0.2) is 48.8 Å². The van der Waals surface area contributed by atoms with Gasteiger partial charge in [-0.05, 0) is 49.6 Å². The molecule has 0 aliphatic heterocycles. The molecule has 1 aromatic carbocycles. The molecule has 0 atom stereocenters. The molecule has 1 aliphatic carbocycles. The Morgan fingerprint density at radius 3 is 2.30 bits per heavy atom. The van der Waals surface area contributed by atoms with Crippen LogP contribution in [0.4, 0.5) is 5.69 Å². The van der Waals surface area contributed by atoms with Gasteiger partial charge in [0.25, 0.3) is 0 Å². The van der Waals surface area contributed by atoms with Crippen LogP contribution in [-0.2, 0) is 16.1 Å². The van der Waals surface area contributed by atoms with Crippen molar-refractivity contribution in [1.29, 1.82) is 0 Å². The Bertz CT molecular complexity index is 707. The van der Waals surface area contributed by atoms with E-state index in [-0.39, 0.29) is 11.8 Å². The van der Waals surface area contributed by atoms with Crippen molar-refractivity contribution in [1.82, 2.24) is 10.3 Å². The molecule has 5 nitrogen and oxygen atoms in total. The highest BCUT2D eigenvalue weighted by atomic mass is 16.2. The molecule has 0 radical (unpaired) electrons. The zero-order valence-electron chi connectivity index (χ0n) is 13.0. The summed E-state index contributed by atoms with van der Waals surface area (Å²) in [5.41, 5.74) is 1.88. The van der Waals surface area contributed by atoms with Crippen LogP contribution >= 0.6 is 0 Å². The molecule has 0 spiro atoms. The fourth-order valence-corrected chi connectivity index (χ4v) is 2.42. The summed E-state index contributed by atoms with van der Waals surface area (Å²) in [6.45, 7) is 2.39. The molecule has 2 N–H and O–H groups in total. The van der Waals surface area contributed by atoms with Gasteiger partial charge >= 0.3 is 0 Å². The van der Waals surface area contributed by atoms with Crippen LogP contribution in [0.3, 0.4) is 0 Å². The Morgan fingerprint density at radius 1 is 1.04 bits per heavy atom. The number of pyridine rings is 1. The number of aryl methyl sites for hydroxylation is 1. The average molecular weight is 309 g/mol. The molecule has 1 aliphatic rings. The lowest BCUT2D eigenvalue weighted by Crippen LogP contribution is -2.39. The Labute approximate surface area is 135 Å². The van der Waals surface area contributed by atoms with Gasteiger partial charge in [-0.1, -0.05) is 17.7 Å². The highest BCUT2D eigenvalue weighted by Crippen LogP contribution is 2.46. The van der Waals surface area contributed by atoms with Gasteiger partial charge in [-0.2, -0.15) is 0 Å². The van der Waals surface area contributed by atoms with Crippen molar-refractivity contribution in [3.8, 4) is 0 Å². The maximum absolute atomic E-state index is 12.5. The molecule has 0 saturated heterocycles. The molecule has 1 fully saturated rings. The number of benzene rings is 1. The molecule has 118 valence electrons. The minimum atomic E-state index is -0.919. The highest BCUT2D eigenvalue weighted by Gasteiger charge is 2.56. The molecular weight excluding hydrogens is 290 g/mol. The lowest BCUT2D eigenvalue weighted by molar-refractivity contribution is -0.134. The first kappa shape index (κ1) is 15.2. The summed E-state index contributed by atoms with van der Waals surface area (Å²) in [4.78, 5) is 28.8. The molecule has 23 heavy (non-hydrogen) atoms. The number of carbonyl (C=O) groups is 2. The van der Waals surface area contributed by atoms with Crippen molar-refractivity contribution in [3.63, 3.8) is 0 Å². The van der Waals surface area contributed by atoms with Crippen LogP contribution in [0.25, 0.3) is 0 Å². The minimum Gasteiger partial charge on any atom is -0.351 e. The van der Waals surface area contributed by atoms with E-state index in [2.05, 4.69) is 15.6 Å². The minimum absolute atomic E-state index is 0.209. The van der Waals surface area contributed by atoms with Gasteiger partial charge in [0.15, 0.2) is 0 Å². The van der Waals surface area contributed by atoms with Gasteiger partial charge in [0.1, 0.15) is 5.41 Å². The first-order chi connectivity index (χ1) is 11.1. The van der Waals surface area contributed by atoms with Gasteiger partial charge in [0.05, 0.1) is 0 Å². The van der Waals surface area contributed by atoms with E-state index in [1.54, 1.807) is 12.4 Å². The number of hydrogen-bond donors (Lipinski definition) is 2. The summed E-state index contributed by atoms with van der Waals surface area (Å²) in [6.07, 6.45) is 4.54. The normalized spacial score (nSPS) is 14.8. The van der Waals surface area contributed by atoms with Crippen LogP contribution in [-0.4, -0.2) is 16.8 Å². The second kappa shape index (κ2) is 6.20. The fraction of sp³-hybridized carbons (Fsp3) is 0.278. The van der Waals surface area contributed by atoms with E-state index in [0.717, 1.165) is 11.1 Å². The summed E-state index contributed by atoms with van der Waals surface area (Å²) in [5.74, 6) is -0.437. The zero-order valence-corrected chi connectivity index (χ0v) is 13.0. The number of carbonyl (C=O) groups excluding carboxylic acids is 2. The zero-order chi connectivity index (χ0) is 16.3. The van der Waals surface area contributed by atoms with Crippen molar-refractivity contribution in [2.75, 3.05) is 5.32 Å². The molecule has 2 amide bonds. The van der Waals surface area contributed by atoms with Crippen LogP contribution in [0.5, 0.6) is 0 Å². The predicted molar refractivity (Wildman–Crippen MR) is 87.6 cm³/mol. The monoisotopic (exact) mass is 309 g/mol. The smallest absolute Gasteiger partial charge is 0.240 e. The van der Waals surface area contributed by atoms with Crippen LogP contribution in [0, 0.1) is 12.3 Å². The highest BCUT2D eigenvalue weighted by molar-refractivity contribution is 6.13. The van der Waals surface area contributed by atoms with E-state index in [1.165, 1.54) is 0 Å². The summed E-state index contributed by atoms with van der Waals surface area (Å²) < 4.78 is 0. The van der Waals surface area contributed by atoms with Crippen molar-refractivity contribution in [2.24, 2.45) is 5.41 Å². The van der Waals surface area contributed by atoms with E-state index in [0.29, 0.717) is 25.1 Å². The number of amides is 2. The maximum Gasteiger partial charge on any atom is 0.240 e. The van der Waals surface area contributed by atoms with Crippen molar-refractivity contribution in [2.45, 2.75) is 26.3 Å². The van der Waals surface area contributed by atoms with E-state index in [9.17, 15) is 9.59 Å². The van der Waals surface area contributed by atoms with Gasteiger partial charge in [0, 0.05) is 24.6 Å². The van der Waals surface area contributed by atoms with E-state index in [4.69, 9.17) is 0 Å². The largest absolute Gasteiger partial charge is 0.351 e. The van der Waals surface area contributed by atoms with Gasteiger partial charge in [-0.25, -0.2) is 0 Å². The van der Waals surface area contributed by atoms with Gasteiger partial charge < -0.3 is 10.6 Å². The molecule has 5 heteroatoms. The number of nitrogens with zero attached hydrogens (tertiary/aromatic N) is 1. The topological polar surface area (TPSA) is 71.1 Å². The Kier molecular flexibility index (Phi) is 4.10. The molecule has 0 unspecified atom stereocenters. The number of aromatic nitrogens is 1. The van der Waals surface area contributed by atoms with Crippen LogP contribution < -0.4 is 10.6 Å². The Balaban J connectivity index is 1.60. The molecule has 3 rings (SSSR count). The Morgan fingerprint density at radius 2 is 1.70 bits per heavy atom. The van der Waals surface area contributed by atoms with E-state index < -0.39 is 5.41 Å². The lowest BCUT2D eigenvalue weighted by atomic mass is 10.0.